The Morgan fingerprint density at radius 1 is 0.955 bits per heavy atom. The predicted molar refractivity (Wildman–Crippen MR) is 72.6 cm³/mol. The molecule has 0 aromatic heterocycles. The van der Waals surface area contributed by atoms with E-state index in [2.05, 4.69) is 9.16 Å². The van der Waals surface area contributed by atoms with Crippen molar-refractivity contribution >= 4 is 14.3 Å². The number of carbonyl (C=O) groups excluding carboxylic acids is 1. The topological polar surface area (TPSA) is 54.0 Å². The van der Waals surface area contributed by atoms with Gasteiger partial charge in [0, 0.05) is 6.61 Å². The fourth-order valence-electron chi connectivity index (χ4n) is 1.21. The first-order valence-corrected chi connectivity index (χ1v) is 10.1. The van der Waals surface area contributed by atoms with Crippen molar-refractivity contribution in [2.75, 3.05) is 33.0 Å². The van der Waals surface area contributed by atoms with Crippen LogP contribution in [0.1, 0.15) is 6.92 Å². The van der Waals surface area contributed by atoms with Crippen molar-refractivity contribution in [1.82, 2.24) is 0 Å². The molecule has 0 bridgehead atoms. The number of alkyl halides is 4. The van der Waals surface area contributed by atoms with Crippen LogP contribution in [0.5, 0.6) is 0 Å². The van der Waals surface area contributed by atoms with Gasteiger partial charge in [0.1, 0.15) is 0 Å². The minimum atomic E-state index is -5.53. The maximum Gasteiger partial charge on any atom is 0.460 e. The van der Waals surface area contributed by atoms with Gasteiger partial charge < -0.3 is 18.6 Å². The van der Waals surface area contributed by atoms with Gasteiger partial charge >= 0.3 is 18.0 Å². The molecule has 0 rings (SSSR count). The molecule has 5 nitrogen and oxygen atoms in total. The average molecular weight is 350 g/mol. The first-order valence-electron chi connectivity index (χ1n) is 6.72. The number of rotatable bonds is 10. The lowest BCUT2D eigenvalue weighted by atomic mass is 10.3. The van der Waals surface area contributed by atoms with Crippen molar-refractivity contribution in [2.24, 2.45) is 0 Å². The van der Waals surface area contributed by atoms with Crippen molar-refractivity contribution in [2.45, 2.75) is 38.6 Å². The minimum Gasteiger partial charge on any atom is -0.515 e. The van der Waals surface area contributed by atoms with E-state index in [1.807, 2.05) is 0 Å². The number of carbonyl (C=O) groups is 1. The lowest BCUT2D eigenvalue weighted by molar-refractivity contribution is -0.322. The van der Waals surface area contributed by atoms with Gasteiger partial charge in [0.15, 0.2) is 0 Å². The van der Waals surface area contributed by atoms with Crippen LogP contribution in [0, 0.1) is 0 Å². The maximum atomic E-state index is 14.0. The molecule has 0 aromatic rings. The highest BCUT2D eigenvalue weighted by Gasteiger charge is 2.65. The first-order chi connectivity index (χ1) is 9.94. The van der Waals surface area contributed by atoms with Crippen LogP contribution in [0.3, 0.4) is 0 Å². The third kappa shape index (κ3) is 7.52. The molecule has 22 heavy (non-hydrogen) atoms. The predicted octanol–water partition coefficient (Wildman–Crippen LogP) is 2.66. The molecule has 0 spiro atoms. The molecule has 0 fully saturated rings. The second-order valence-corrected chi connectivity index (χ2v) is 9.68. The van der Waals surface area contributed by atoms with Crippen LogP contribution in [0.2, 0.25) is 19.6 Å². The van der Waals surface area contributed by atoms with E-state index in [0.29, 0.717) is 6.61 Å². The molecule has 132 valence electrons. The van der Waals surface area contributed by atoms with Gasteiger partial charge in [-0.05, 0) is 26.6 Å². The van der Waals surface area contributed by atoms with Crippen molar-refractivity contribution in [3.8, 4) is 0 Å². The summed E-state index contributed by atoms with van der Waals surface area (Å²) >= 11 is 0. The van der Waals surface area contributed by atoms with Crippen LogP contribution in [-0.2, 0) is 23.4 Å². The van der Waals surface area contributed by atoms with Gasteiger partial charge in [-0.3, -0.25) is 0 Å². The zero-order valence-corrected chi connectivity index (χ0v) is 14.1. The minimum absolute atomic E-state index is 0.127. The monoisotopic (exact) mass is 350 g/mol. The SMILES string of the molecule is CCOCCOCCOC(F)(C(=O)O[Si](C)(C)C)C(F)(F)F. The highest BCUT2D eigenvalue weighted by molar-refractivity contribution is 6.71. The van der Waals surface area contributed by atoms with Crippen LogP contribution in [0.25, 0.3) is 0 Å². The molecule has 0 saturated carbocycles. The van der Waals surface area contributed by atoms with Gasteiger partial charge in [0.05, 0.1) is 26.4 Å². The highest BCUT2D eigenvalue weighted by atomic mass is 28.4. The normalized spacial score (nSPS) is 15.5. The van der Waals surface area contributed by atoms with E-state index in [4.69, 9.17) is 9.47 Å². The average Bonchev–Trinajstić information content (AvgIpc) is 2.33. The first kappa shape index (κ1) is 21.3. The smallest absolute Gasteiger partial charge is 0.460 e. The Bertz CT molecular complexity index is 345. The second-order valence-electron chi connectivity index (χ2n) is 5.25. The Hall–Kier alpha value is -0.713. The van der Waals surface area contributed by atoms with Crippen molar-refractivity contribution < 1.29 is 41.0 Å². The van der Waals surface area contributed by atoms with E-state index >= 15 is 0 Å². The summed E-state index contributed by atoms with van der Waals surface area (Å²) in [4.78, 5) is 11.5. The van der Waals surface area contributed by atoms with E-state index in [-0.39, 0.29) is 19.8 Å². The number of ether oxygens (including phenoxy) is 3. The summed E-state index contributed by atoms with van der Waals surface area (Å²) in [5.41, 5.74) is 0. The molecule has 0 saturated heterocycles. The molecule has 0 radical (unpaired) electrons. The van der Waals surface area contributed by atoms with E-state index in [0.717, 1.165) is 0 Å². The lowest BCUT2D eigenvalue weighted by Gasteiger charge is -2.29. The summed E-state index contributed by atoms with van der Waals surface area (Å²) in [5.74, 6) is -6.57. The Labute approximate surface area is 128 Å². The Morgan fingerprint density at radius 2 is 1.45 bits per heavy atom. The quantitative estimate of drug-likeness (QED) is 0.344. The summed E-state index contributed by atoms with van der Waals surface area (Å²) in [6, 6.07) is 0. The third-order valence-corrected chi connectivity index (χ3v) is 2.93. The Balaban J connectivity index is 4.50. The summed E-state index contributed by atoms with van der Waals surface area (Å²) in [7, 11) is -2.70. The second kappa shape index (κ2) is 8.80. The fourth-order valence-corrected chi connectivity index (χ4v) is 1.89. The van der Waals surface area contributed by atoms with Crippen molar-refractivity contribution in [3.05, 3.63) is 0 Å². The molecule has 10 heteroatoms. The lowest BCUT2D eigenvalue weighted by Crippen LogP contribution is -2.54. The van der Waals surface area contributed by atoms with Crippen LogP contribution in [0.15, 0.2) is 0 Å². The highest BCUT2D eigenvalue weighted by Crippen LogP contribution is 2.36. The van der Waals surface area contributed by atoms with Gasteiger partial charge in [-0.2, -0.15) is 17.6 Å². The molecule has 1 unspecified atom stereocenters. The van der Waals surface area contributed by atoms with E-state index in [1.54, 1.807) is 6.92 Å². The zero-order chi connectivity index (χ0) is 17.4. The van der Waals surface area contributed by atoms with E-state index in [9.17, 15) is 22.4 Å². The van der Waals surface area contributed by atoms with Gasteiger partial charge in [-0.1, -0.05) is 0 Å². The largest absolute Gasteiger partial charge is 0.515 e. The molecule has 0 aliphatic carbocycles. The van der Waals surface area contributed by atoms with Crippen molar-refractivity contribution in [3.63, 3.8) is 0 Å². The molecule has 1 atom stereocenters. The van der Waals surface area contributed by atoms with Crippen LogP contribution < -0.4 is 0 Å². The Morgan fingerprint density at radius 3 is 1.91 bits per heavy atom. The number of halogens is 4. The number of hydrogen-bond acceptors (Lipinski definition) is 5. The molecule has 0 amide bonds. The van der Waals surface area contributed by atoms with Crippen LogP contribution in [-0.4, -0.2) is 59.4 Å². The molecule has 0 heterocycles. The molecular weight excluding hydrogens is 328 g/mol. The zero-order valence-electron chi connectivity index (χ0n) is 13.1. The molecule has 0 aliphatic heterocycles. The van der Waals surface area contributed by atoms with E-state index < -0.39 is 32.9 Å². The fraction of sp³-hybridized carbons (Fsp3) is 0.917. The van der Waals surface area contributed by atoms with Crippen LogP contribution >= 0.6 is 0 Å². The standard InChI is InChI=1S/C12H22F4O5Si/c1-5-18-6-7-19-8-9-20-11(13,12(14,15)16)10(17)21-22(2,3)4/h5-9H2,1-4H3. The summed E-state index contributed by atoms with van der Waals surface area (Å²) < 4.78 is 70.7. The molecule has 0 N–H and O–H groups in total. The molecular formula is C12H22F4O5Si. The van der Waals surface area contributed by atoms with Crippen molar-refractivity contribution in [1.29, 1.82) is 0 Å². The van der Waals surface area contributed by atoms with Gasteiger partial charge in [0.2, 0.25) is 8.32 Å². The van der Waals surface area contributed by atoms with Gasteiger partial charge in [-0.25, -0.2) is 4.79 Å². The summed E-state index contributed by atoms with van der Waals surface area (Å²) in [5, 5.41) is 0. The molecule has 0 aromatic carbocycles. The Kier molecular flexibility index (Phi) is 8.51. The van der Waals surface area contributed by atoms with E-state index in [1.165, 1.54) is 19.6 Å². The number of hydrogen-bond donors (Lipinski definition) is 0. The third-order valence-electron chi connectivity index (χ3n) is 2.13. The van der Waals surface area contributed by atoms with Crippen LogP contribution in [0.4, 0.5) is 17.6 Å². The van der Waals surface area contributed by atoms with Gasteiger partial charge in [-0.15, -0.1) is 0 Å². The summed E-state index contributed by atoms with van der Waals surface area (Å²) in [6.45, 7) is 5.95. The van der Waals surface area contributed by atoms with Gasteiger partial charge in [0.25, 0.3) is 0 Å². The maximum absolute atomic E-state index is 14.0. The summed E-state index contributed by atoms with van der Waals surface area (Å²) in [6.07, 6.45) is -5.53. The molecule has 0 aliphatic rings.